The van der Waals surface area contributed by atoms with E-state index >= 15 is 0 Å². The summed E-state index contributed by atoms with van der Waals surface area (Å²) in [6.07, 6.45) is -0.00191. The lowest BCUT2D eigenvalue weighted by molar-refractivity contribution is 0.340. The molecule has 0 spiro atoms. The molecule has 2 rings (SSSR count). The maximum absolute atomic E-state index is 11.9. The van der Waals surface area contributed by atoms with Crippen LogP contribution in [0.1, 0.15) is 18.2 Å². The zero-order valence-electron chi connectivity index (χ0n) is 13.5. The molecule has 1 aromatic carbocycles. The molecule has 0 aliphatic rings. The van der Waals surface area contributed by atoms with Gasteiger partial charge in [0.05, 0.1) is 30.4 Å². The van der Waals surface area contributed by atoms with Crippen molar-refractivity contribution in [3.05, 3.63) is 45.9 Å². The lowest BCUT2D eigenvalue weighted by Gasteiger charge is -2.07. The van der Waals surface area contributed by atoms with E-state index in [-0.39, 0.29) is 18.3 Å². The molecule has 0 bridgehead atoms. The maximum atomic E-state index is 11.9. The van der Waals surface area contributed by atoms with Gasteiger partial charge >= 0.3 is 0 Å². The average molecular weight is 326 g/mol. The number of aromatic amines is 1. The Kier molecular flexibility index (Phi) is 5.52. The molecule has 1 heterocycles. The van der Waals surface area contributed by atoms with E-state index in [1.807, 2.05) is 13.0 Å². The molecule has 0 fully saturated rings. The van der Waals surface area contributed by atoms with E-state index in [9.17, 15) is 4.79 Å². The third-order valence-corrected chi connectivity index (χ3v) is 3.13. The summed E-state index contributed by atoms with van der Waals surface area (Å²) in [5.74, 6) is 0.915. The Bertz CT molecular complexity index is 833. The second-order valence-corrected chi connectivity index (χ2v) is 4.87. The quantitative estimate of drug-likeness (QED) is 0.565. The Morgan fingerprint density at radius 3 is 2.75 bits per heavy atom. The number of rotatable bonds is 5. The van der Waals surface area contributed by atoms with Crippen LogP contribution in [0.2, 0.25) is 0 Å². The van der Waals surface area contributed by atoms with Gasteiger partial charge in [-0.25, -0.2) is 4.98 Å². The minimum atomic E-state index is -0.392. The largest absolute Gasteiger partial charge is 0.494 e. The van der Waals surface area contributed by atoms with Gasteiger partial charge in [0.25, 0.3) is 5.56 Å². The van der Waals surface area contributed by atoms with Crippen molar-refractivity contribution in [1.82, 2.24) is 9.97 Å². The van der Waals surface area contributed by atoms with E-state index < -0.39 is 5.56 Å². The number of aryl methyl sites for hydroxylation is 1. The predicted molar refractivity (Wildman–Crippen MR) is 91.4 cm³/mol. The van der Waals surface area contributed by atoms with Crippen molar-refractivity contribution in [1.29, 1.82) is 5.26 Å². The summed E-state index contributed by atoms with van der Waals surface area (Å²) in [6.45, 7) is 4.15. The Hall–Kier alpha value is -3.34. The summed E-state index contributed by atoms with van der Waals surface area (Å²) in [4.78, 5) is 22.6. The fraction of sp³-hybridized carbons (Fsp3) is 0.250. The van der Waals surface area contributed by atoms with Crippen molar-refractivity contribution in [3.8, 4) is 11.8 Å². The van der Waals surface area contributed by atoms with Crippen LogP contribution in [0.25, 0.3) is 0 Å². The van der Waals surface area contributed by atoms with Gasteiger partial charge in [0, 0.05) is 5.69 Å². The Morgan fingerprint density at radius 2 is 2.17 bits per heavy atom. The van der Waals surface area contributed by atoms with Crippen molar-refractivity contribution in [2.75, 3.05) is 11.9 Å². The number of aliphatic imine (C=N–C) groups is 1. The van der Waals surface area contributed by atoms with E-state index in [1.165, 1.54) is 0 Å². The maximum Gasteiger partial charge on any atom is 0.256 e. The SMILES string of the molecule is CCOc1ccc(NC(N)=Nc2nc(C)c(CC#N)c(=O)[nH]2)cc1. The molecule has 0 saturated carbocycles. The number of nitriles is 1. The minimum absolute atomic E-state index is 0.00191. The first-order valence-electron chi connectivity index (χ1n) is 7.34. The standard InChI is InChI=1S/C16H18N6O2/c1-3-24-12-6-4-11(5-7-12)20-15(18)22-16-19-10(2)13(8-9-17)14(23)21-16/h4-7H,3,8H2,1-2H3,(H4,18,19,20,21,22,23). The number of nitrogens with one attached hydrogen (secondary N) is 2. The molecule has 0 aliphatic carbocycles. The fourth-order valence-electron chi connectivity index (χ4n) is 2.03. The highest BCUT2D eigenvalue weighted by Gasteiger charge is 2.07. The van der Waals surface area contributed by atoms with E-state index in [0.29, 0.717) is 17.9 Å². The third-order valence-electron chi connectivity index (χ3n) is 3.13. The van der Waals surface area contributed by atoms with Crippen LogP contribution in [0.15, 0.2) is 34.1 Å². The molecule has 0 unspecified atom stereocenters. The summed E-state index contributed by atoms with van der Waals surface area (Å²) in [5, 5.41) is 11.6. The van der Waals surface area contributed by atoms with Gasteiger partial charge in [0.2, 0.25) is 11.9 Å². The topological polar surface area (TPSA) is 129 Å². The first-order chi connectivity index (χ1) is 11.5. The first kappa shape index (κ1) is 17.0. The molecule has 24 heavy (non-hydrogen) atoms. The zero-order valence-corrected chi connectivity index (χ0v) is 13.5. The normalized spacial score (nSPS) is 11.0. The monoisotopic (exact) mass is 326 g/mol. The van der Waals surface area contributed by atoms with Crippen LogP contribution in [-0.2, 0) is 6.42 Å². The number of ether oxygens (including phenoxy) is 1. The van der Waals surface area contributed by atoms with Gasteiger partial charge in [-0.15, -0.1) is 0 Å². The van der Waals surface area contributed by atoms with Crippen LogP contribution in [0.4, 0.5) is 11.6 Å². The summed E-state index contributed by atoms with van der Waals surface area (Å²) in [6, 6.07) is 9.13. The molecule has 8 nitrogen and oxygen atoms in total. The highest BCUT2D eigenvalue weighted by molar-refractivity contribution is 5.93. The highest BCUT2D eigenvalue weighted by atomic mass is 16.5. The van der Waals surface area contributed by atoms with Gasteiger partial charge in [-0.1, -0.05) is 0 Å². The van der Waals surface area contributed by atoms with Crippen LogP contribution in [-0.4, -0.2) is 22.5 Å². The molecular weight excluding hydrogens is 308 g/mol. The molecule has 0 aliphatic heterocycles. The molecule has 1 aromatic heterocycles. The zero-order chi connectivity index (χ0) is 17.5. The first-order valence-corrected chi connectivity index (χ1v) is 7.34. The number of hydrogen-bond acceptors (Lipinski definition) is 5. The smallest absolute Gasteiger partial charge is 0.256 e. The van der Waals surface area contributed by atoms with Gasteiger partial charge in [0.1, 0.15) is 5.75 Å². The number of H-pyrrole nitrogens is 1. The molecule has 0 atom stereocenters. The fourth-order valence-corrected chi connectivity index (χ4v) is 2.03. The van der Waals surface area contributed by atoms with E-state index in [2.05, 4.69) is 20.3 Å². The predicted octanol–water partition coefficient (Wildman–Crippen LogP) is 1.60. The third kappa shape index (κ3) is 4.33. The van der Waals surface area contributed by atoms with Crippen LogP contribution in [0.3, 0.4) is 0 Å². The molecule has 4 N–H and O–H groups in total. The van der Waals surface area contributed by atoms with Gasteiger partial charge < -0.3 is 15.8 Å². The second kappa shape index (κ2) is 7.78. The van der Waals surface area contributed by atoms with Gasteiger partial charge in [0.15, 0.2) is 0 Å². The van der Waals surface area contributed by atoms with E-state index in [0.717, 1.165) is 11.4 Å². The van der Waals surface area contributed by atoms with Crippen LogP contribution in [0, 0.1) is 18.3 Å². The second-order valence-electron chi connectivity index (χ2n) is 4.87. The van der Waals surface area contributed by atoms with Crippen LogP contribution >= 0.6 is 0 Å². The van der Waals surface area contributed by atoms with E-state index in [1.54, 1.807) is 31.2 Å². The van der Waals surface area contributed by atoms with E-state index in [4.69, 9.17) is 15.7 Å². The van der Waals surface area contributed by atoms with Crippen molar-refractivity contribution in [2.24, 2.45) is 10.7 Å². The molecule has 124 valence electrons. The van der Waals surface area contributed by atoms with Gasteiger partial charge in [-0.3, -0.25) is 9.78 Å². The molecule has 8 heteroatoms. The number of nitrogens with two attached hydrogens (primary N) is 1. The minimum Gasteiger partial charge on any atom is -0.494 e. The van der Waals surface area contributed by atoms with Crippen LogP contribution in [0.5, 0.6) is 5.75 Å². The number of anilines is 1. The molecule has 0 saturated heterocycles. The summed E-state index contributed by atoms with van der Waals surface area (Å²) >= 11 is 0. The Balaban J connectivity index is 2.16. The summed E-state index contributed by atoms with van der Waals surface area (Å²) in [5.41, 5.74) is 6.93. The number of nitrogens with zero attached hydrogens (tertiary/aromatic N) is 3. The average Bonchev–Trinajstić information content (AvgIpc) is 2.53. The molecule has 0 amide bonds. The molecule has 2 aromatic rings. The molecule has 0 radical (unpaired) electrons. The Morgan fingerprint density at radius 1 is 1.46 bits per heavy atom. The summed E-state index contributed by atoms with van der Waals surface area (Å²) in [7, 11) is 0. The number of guanidine groups is 1. The molecular formula is C16H18N6O2. The Labute approximate surface area is 139 Å². The number of aromatic nitrogens is 2. The summed E-state index contributed by atoms with van der Waals surface area (Å²) < 4.78 is 5.36. The van der Waals surface area contributed by atoms with Gasteiger partial charge in [-0.2, -0.15) is 10.3 Å². The lowest BCUT2D eigenvalue weighted by Crippen LogP contribution is -2.23. The lowest BCUT2D eigenvalue weighted by atomic mass is 10.2. The van der Waals surface area contributed by atoms with Crippen molar-refractivity contribution in [3.63, 3.8) is 0 Å². The van der Waals surface area contributed by atoms with Crippen LogP contribution < -0.4 is 21.3 Å². The van der Waals surface area contributed by atoms with Crippen molar-refractivity contribution < 1.29 is 4.74 Å². The van der Waals surface area contributed by atoms with Gasteiger partial charge in [-0.05, 0) is 38.1 Å². The van der Waals surface area contributed by atoms with Crippen molar-refractivity contribution in [2.45, 2.75) is 20.3 Å². The number of hydrogen-bond donors (Lipinski definition) is 3. The van der Waals surface area contributed by atoms with Crippen molar-refractivity contribution >= 4 is 17.6 Å². The highest BCUT2D eigenvalue weighted by Crippen LogP contribution is 2.15. The number of benzene rings is 1.